The number of anilines is 1. The van der Waals surface area contributed by atoms with E-state index in [9.17, 15) is 9.59 Å². The van der Waals surface area contributed by atoms with Crippen molar-refractivity contribution in [1.82, 2.24) is 9.80 Å². The van der Waals surface area contributed by atoms with Gasteiger partial charge >= 0.3 is 0 Å². The SMILES string of the molecule is COc1cc(C(=O)N2CCC(C(=O)N3CCN(c4ccccc4)CC3)CC2)cc(OC)c1OC. The summed E-state index contributed by atoms with van der Waals surface area (Å²) in [5, 5.41) is 0. The smallest absolute Gasteiger partial charge is 0.254 e. The van der Waals surface area contributed by atoms with Crippen LogP contribution in [0.1, 0.15) is 23.2 Å². The molecule has 2 fully saturated rings. The fourth-order valence-corrected chi connectivity index (χ4v) is 4.80. The van der Waals surface area contributed by atoms with Crippen LogP contribution in [-0.2, 0) is 4.79 Å². The Morgan fingerprint density at radius 3 is 1.88 bits per heavy atom. The normalized spacial score (nSPS) is 16.9. The number of nitrogens with zero attached hydrogens (tertiary/aromatic N) is 3. The Hall–Kier alpha value is -3.42. The maximum absolute atomic E-state index is 13.2. The van der Waals surface area contributed by atoms with Gasteiger partial charge in [0.05, 0.1) is 21.3 Å². The predicted octanol–water partition coefficient (Wildman–Crippen LogP) is 2.91. The van der Waals surface area contributed by atoms with Gasteiger partial charge in [-0.25, -0.2) is 0 Å². The lowest BCUT2D eigenvalue weighted by atomic mass is 9.94. The van der Waals surface area contributed by atoms with Crippen LogP contribution in [0.25, 0.3) is 0 Å². The molecule has 0 saturated carbocycles. The van der Waals surface area contributed by atoms with E-state index in [-0.39, 0.29) is 17.7 Å². The minimum atomic E-state index is -0.0957. The number of rotatable bonds is 6. The third-order valence-electron chi connectivity index (χ3n) is 6.76. The number of carbonyl (C=O) groups excluding carboxylic acids is 2. The molecule has 2 aromatic rings. The van der Waals surface area contributed by atoms with E-state index in [0.717, 1.165) is 26.2 Å². The highest BCUT2D eigenvalue weighted by molar-refractivity contribution is 5.96. The molecule has 8 heteroatoms. The van der Waals surface area contributed by atoms with Gasteiger partial charge in [-0.1, -0.05) is 18.2 Å². The number of para-hydroxylation sites is 1. The molecule has 2 saturated heterocycles. The summed E-state index contributed by atoms with van der Waals surface area (Å²) >= 11 is 0. The van der Waals surface area contributed by atoms with Gasteiger partial charge in [0.25, 0.3) is 5.91 Å². The van der Waals surface area contributed by atoms with Crippen molar-refractivity contribution < 1.29 is 23.8 Å². The Kier molecular flexibility index (Phi) is 7.45. The zero-order valence-corrected chi connectivity index (χ0v) is 20.2. The van der Waals surface area contributed by atoms with Gasteiger partial charge in [0.15, 0.2) is 11.5 Å². The molecule has 4 rings (SSSR count). The number of amides is 2. The Balaban J connectivity index is 1.33. The predicted molar refractivity (Wildman–Crippen MR) is 130 cm³/mol. The van der Waals surface area contributed by atoms with Crippen molar-refractivity contribution in [2.45, 2.75) is 12.8 Å². The van der Waals surface area contributed by atoms with E-state index < -0.39 is 0 Å². The molecular weight excluding hydrogens is 434 g/mol. The van der Waals surface area contributed by atoms with Crippen molar-refractivity contribution in [2.24, 2.45) is 5.92 Å². The Morgan fingerprint density at radius 2 is 1.35 bits per heavy atom. The molecule has 0 atom stereocenters. The number of hydrogen-bond donors (Lipinski definition) is 0. The van der Waals surface area contributed by atoms with Gasteiger partial charge in [0.2, 0.25) is 11.7 Å². The number of benzene rings is 2. The van der Waals surface area contributed by atoms with E-state index in [0.29, 0.717) is 48.7 Å². The second-order valence-electron chi connectivity index (χ2n) is 8.63. The summed E-state index contributed by atoms with van der Waals surface area (Å²) in [6, 6.07) is 13.7. The van der Waals surface area contributed by atoms with Crippen LogP contribution >= 0.6 is 0 Å². The van der Waals surface area contributed by atoms with E-state index in [4.69, 9.17) is 14.2 Å². The van der Waals surface area contributed by atoms with Crippen molar-refractivity contribution >= 4 is 17.5 Å². The molecule has 0 spiro atoms. The average molecular weight is 468 g/mol. The quantitative estimate of drug-likeness (QED) is 0.651. The number of methoxy groups -OCH3 is 3. The lowest BCUT2D eigenvalue weighted by molar-refractivity contribution is -0.137. The summed E-state index contributed by atoms with van der Waals surface area (Å²) in [7, 11) is 4.59. The van der Waals surface area contributed by atoms with E-state index in [1.807, 2.05) is 23.1 Å². The van der Waals surface area contributed by atoms with Crippen LogP contribution in [0.2, 0.25) is 0 Å². The van der Waals surface area contributed by atoms with Crippen molar-refractivity contribution in [3.05, 3.63) is 48.0 Å². The van der Waals surface area contributed by atoms with E-state index in [1.165, 1.54) is 27.0 Å². The highest BCUT2D eigenvalue weighted by Crippen LogP contribution is 2.38. The van der Waals surface area contributed by atoms with Crippen molar-refractivity contribution in [3.63, 3.8) is 0 Å². The fraction of sp³-hybridized carbons (Fsp3) is 0.462. The molecular formula is C26H33N3O5. The fourth-order valence-electron chi connectivity index (χ4n) is 4.80. The lowest BCUT2D eigenvalue weighted by Crippen LogP contribution is -2.52. The molecule has 8 nitrogen and oxygen atoms in total. The first-order valence-electron chi connectivity index (χ1n) is 11.7. The van der Waals surface area contributed by atoms with Crippen LogP contribution in [0.4, 0.5) is 5.69 Å². The number of likely N-dealkylation sites (tertiary alicyclic amines) is 1. The molecule has 2 amide bonds. The first-order chi connectivity index (χ1) is 16.5. The Morgan fingerprint density at radius 1 is 0.765 bits per heavy atom. The summed E-state index contributed by atoms with van der Waals surface area (Å²) in [5.41, 5.74) is 1.68. The van der Waals surface area contributed by atoms with E-state index in [2.05, 4.69) is 17.0 Å². The zero-order valence-electron chi connectivity index (χ0n) is 20.2. The number of hydrogen-bond acceptors (Lipinski definition) is 6. The highest BCUT2D eigenvalue weighted by Gasteiger charge is 2.32. The van der Waals surface area contributed by atoms with E-state index in [1.54, 1.807) is 17.0 Å². The standard InChI is InChI=1S/C26H33N3O5/c1-32-22-17-20(18-23(33-2)24(22)34-3)26(31)28-11-9-19(10-12-28)25(30)29-15-13-27(14-16-29)21-7-5-4-6-8-21/h4-8,17-19H,9-16H2,1-3H3. The Labute approximate surface area is 201 Å². The topological polar surface area (TPSA) is 71.6 Å². The van der Waals surface area contributed by atoms with Crippen molar-refractivity contribution in [2.75, 3.05) is 65.5 Å². The molecule has 2 aliphatic rings. The molecule has 0 unspecified atom stereocenters. The number of piperidine rings is 1. The number of piperazine rings is 1. The highest BCUT2D eigenvalue weighted by atomic mass is 16.5. The van der Waals surface area contributed by atoms with Gasteiger partial charge in [-0.3, -0.25) is 9.59 Å². The number of ether oxygens (including phenoxy) is 3. The minimum Gasteiger partial charge on any atom is -0.493 e. The van der Waals surface area contributed by atoms with Crippen LogP contribution < -0.4 is 19.1 Å². The maximum Gasteiger partial charge on any atom is 0.254 e. The molecule has 0 aromatic heterocycles. The summed E-state index contributed by atoms with van der Waals surface area (Å²) in [6.45, 7) is 4.25. The van der Waals surface area contributed by atoms with Gasteiger partial charge in [0.1, 0.15) is 0 Å². The molecule has 0 radical (unpaired) electrons. The summed E-state index contributed by atoms with van der Waals surface area (Å²) in [5.74, 6) is 1.44. The molecule has 2 aliphatic heterocycles. The summed E-state index contributed by atoms with van der Waals surface area (Å²) in [6.07, 6.45) is 1.35. The molecule has 0 N–H and O–H groups in total. The van der Waals surface area contributed by atoms with Gasteiger partial charge in [-0.2, -0.15) is 0 Å². The van der Waals surface area contributed by atoms with Crippen molar-refractivity contribution in [1.29, 1.82) is 0 Å². The van der Waals surface area contributed by atoms with Crippen LogP contribution in [0, 0.1) is 5.92 Å². The Bertz CT molecular complexity index is 972. The van der Waals surface area contributed by atoms with Crippen LogP contribution in [-0.4, -0.2) is 82.2 Å². The van der Waals surface area contributed by atoms with Gasteiger partial charge < -0.3 is 28.9 Å². The van der Waals surface area contributed by atoms with Crippen LogP contribution in [0.3, 0.4) is 0 Å². The molecule has 2 heterocycles. The first kappa shape index (κ1) is 23.7. The van der Waals surface area contributed by atoms with Crippen molar-refractivity contribution in [3.8, 4) is 17.2 Å². The lowest BCUT2D eigenvalue weighted by Gasteiger charge is -2.39. The average Bonchev–Trinajstić information content (AvgIpc) is 2.92. The molecule has 0 aliphatic carbocycles. The monoisotopic (exact) mass is 467 g/mol. The third kappa shape index (κ3) is 4.90. The molecule has 0 bridgehead atoms. The van der Waals surface area contributed by atoms with Gasteiger partial charge in [0, 0.05) is 56.4 Å². The second kappa shape index (κ2) is 10.7. The summed E-state index contributed by atoms with van der Waals surface area (Å²) in [4.78, 5) is 32.4. The first-order valence-corrected chi connectivity index (χ1v) is 11.7. The number of carbonyl (C=O) groups is 2. The molecule has 2 aromatic carbocycles. The molecule has 34 heavy (non-hydrogen) atoms. The van der Waals surface area contributed by atoms with Gasteiger partial charge in [-0.15, -0.1) is 0 Å². The summed E-state index contributed by atoms with van der Waals surface area (Å²) < 4.78 is 16.1. The van der Waals surface area contributed by atoms with E-state index >= 15 is 0 Å². The second-order valence-corrected chi connectivity index (χ2v) is 8.63. The van der Waals surface area contributed by atoms with Crippen LogP contribution in [0.5, 0.6) is 17.2 Å². The third-order valence-corrected chi connectivity index (χ3v) is 6.76. The zero-order chi connectivity index (χ0) is 24.1. The maximum atomic E-state index is 13.2. The van der Waals surface area contributed by atoms with Gasteiger partial charge in [-0.05, 0) is 37.1 Å². The van der Waals surface area contributed by atoms with Crippen LogP contribution in [0.15, 0.2) is 42.5 Å². The largest absolute Gasteiger partial charge is 0.493 e. The molecule has 182 valence electrons. The minimum absolute atomic E-state index is 0.0349.